The van der Waals surface area contributed by atoms with Crippen molar-refractivity contribution in [2.24, 2.45) is 0 Å². The average Bonchev–Trinajstić information content (AvgIpc) is 3.27. The second kappa shape index (κ2) is 7.92. The van der Waals surface area contributed by atoms with Gasteiger partial charge < -0.3 is 9.82 Å². The highest BCUT2D eigenvalue weighted by Gasteiger charge is 2.34. The van der Waals surface area contributed by atoms with Crippen molar-refractivity contribution in [3.63, 3.8) is 0 Å². The van der Waals surface area contributed by atoms with Gasteiger partial charge in [0.2, 0.25) is 0 Å². The number of sulfonamides is 1. The average molecular weight is 437 g/mol. The summed E-state index contributed by atoms with van der Waals surface area (Å²) >= 11 is 0. The highest BCUT2D eigenvalue weighted by atomic mass is 32.2. The van der Waals surface area contributed by atoms with Gasteiger partial charge in [-0.05, 0) is 36.4 Å². The van der Waals surface area contributed by atoms with Crippen LogP contribution in [0.15, 0.2) is 90.0 Å². The minimum absolute atomic E-state index is 0.0674. The maximum Gasteiger partial charge on any atom is 0.302 e. The largest absolute Gasteiger partial charge is 0.361 e. The van der Waals surface area contributed by atoms with Gasteiger partial charge in [-0.3, -0.25) is 14.9 Å². The Morgan fingerprint density at radius 3 is 2.45 bits per heavy atom. The first-order valence-electron chi connectivity index (χ1n) is 9.01. The van der Waals surface area contributed by atoms with E-state index < -0.39 is 31.4 Å². The number of carbonyl (C=O) groups is 1. The molecule has 1 N–H and O–H groups in total. The zero-order valence-corrected chi connectivity index (χ0v) is 16.7. The number of hydrogen-bond acceptors (Lipinski definition) is 6. The highest BCUT2D eigenvalue weighted by molar-refractivity contribution is 7.89. The van der Waals surface area contributed by atoms with Crippen LogP contribution in [0.5, 0.6) is 5.75 Å². The number of hydrogen-bond donors (Lipinski definition) is 1. The monoisotopic (exact) mass is 437 g/mol. The number of carbonyl (C=O) groups excluding carboxylic acids is 1. The quantitative estimate of drug-likeness (QED) is 0.360. The Hall–Kier alpha value is -4.18. The van der Waals surface area contributed by atoms with Crippen LogP contribution >= 0.6 is 0 Å². The van der Waals surface area contributed by atoms with Crippen LogP contribution in [0, 0.1) is 10.1 Å². The van der Waals surface area contributed by atoms with Gasteiger partial charge in [-0.1, -0.05) is 34.8 Å². The van der Waals surface area contributed by atoms with Crippen LogP contribution in [0.25, 0.3) is 10.9 Å². The van der Waals surface area contributed by atoms with Crippen LogP contribution in [-0.4, -0.2) is 28.7 Å². The van der Waals surface area contributed by atoms with Gasteiger partial charge in [-0.25, -0.2) is 0 Å². The third-order valence-electron chi connectivity index (χ3n) is 4.47. The van der Waals surface area contributed by atoms with Gasteiger partial charge >= 0.3 is 5.91 Å². The molecule has 156 valence electrons. The van der Waals surface area contributed by atoms with E-state index in [9.17, 15) is 23.3 Å². The predicted octanol–water partition coefficient (Wildman–Crippen LogP) is 3.90. The summed E-state index contributed by atoms with van der Waals surface area (Å²) < 4.78 is 27.0. The summed E-state index contributed by atoms with van der Waals surface area (Å²) in [6.45, 7) is 0. The number of H-pyrrole nitrogens is 1. The van der Waals surface area contributed by atoms with Gasteiger partial charge in [0, 0.05) is 34.8 Å². The summed E-state index contributed by atoms with van der Waals surface area (Å²) in [6.07, 6.45) is 1.65. The summed E-state index contributed by atoms with van der Waals surface area (Å²) in [4.78, 5) is 31.7. The number of aromatic nitrogens is 1. The molecule has 0 radical (unpaired) electrons. The number of amides is 1. The molecule has 0 saturated heterocycles. The molecule has 0 aliphatic rings. The number of nitro groups is 1. The lowest BCUT2D eigenvalue weighted by atomic mass is 10.2. The predicted molar refractivity (Wildman–Crippen MR) is 112 cm³/mol. The molecule has 0 fully saturated rings. The molecule has 0 saturated carbocycles. The molecule has 0 aliphatic heterocycles. The van der Waals surface area contributed by atoms with Gasteiger partial charge in [-0.2, -0.15) is 8.42 Å². The van der Waals surface area contributed by atoms with Crippen molar-refractivity contribution in [2.45, 2.75) is 4.90 Å². The fraction of sp³-hybridized carbons (Fsp3) is 0. The fourth-order valence-electron chi connectivity index (χ4n) is 2.96. The number of nitro benzene ring substituents is 1. The third-order valence-corrected chi connectivity index (χ3v) is 5.99. The Morgan fingerprint density at radius 2 is 1.71 bits per heavy atom. The summed E-state index contributed by atoms with van der Waals surface area (Å²) in [5.41, 5.74) is 0.316. The second-order valence-corrected chi connectivity index (χ2v) is 8.20. The molecule has 0 atom stereocenters. The lowest BCUT2D eigenvalue weighted by Gasteiger charge is -2.22. The van der Waals surface area contributed by atoms with Gasteiger partial charge in [0.1, 0.15) is 0 Å². The van der Waals surface area contributed by atoms with Gasteiger partial charge in [0.25, 0.3) is 15.7 Å². The van der Waals surface area contributed by atoms with Gasteiger partial charge in [-0.15, -0.1) is 0 Å². The van der Waals surface area contributed by atoms with Crippen LogP contribution in [0.3, 0.4) is 0 Å². The van der Waals surface area contributed by atoms with Crippen LogP contribution in [-0.2, 0) is 10.0 Å². The molecule has 31 heavy (non-hydrogen) atoms. The molecule has 10 heteroatoms. The number of nitrogens with zero attached hydrogens (tertiary/aromatic N) is 2. The lowest BCUT2D eigenvalue weighted by molar-refractivity contribution is -0.385. The summed E-state index contributed by atoms with van der Waals surface area (Å²) in [5, 5.41) is 11.7. The highest BCUT2D eigenvalue weighted by Crippen LogP contribution is 2.29. The van der Waals surface area contributed by atoms with E-state index in [1.165, 1.54) is 24.3 Å². The number of rotatable bonds is 6. The Kier molecular flexibility index (Phi) is 5.14. The summed E-state index contributed by atoms with van der Waals surface area (Å²) in [7, 11) is -4.61. The van der Waals surface area contributed by atoms with E-state index >= 15 is 0 Å². The van der Waals surface area contributed by atoms with Crippen LogP contribution in [0.1, 0.15) is 10.4 Å². The van der Waals surface area contributed by atoms with E-state index in [0.717, 1.165) is 18.2 Å². The first kappa shape index (κ1) is 20.1. The Balaban J connectivity index is 1.84. The zero-order chi connectivity index (χ0) is 22.0. The number of hydroxylamine groups is 1. The zero-order valence-electron chi connectivity index (χ0n) is 15.8. The maximum atomic E-state index is 13.4. The molecule has 0 unspecified atom stereocenters. The second-order valence-electron chi connectivity index (χ2n) is 6.44. The van der Waals surface area contributed by atoms with E-state index in [4.69, 9.17) is 4.84 Å². The first-order valence-corrected chi connectivity index (χ1v) is 10.5. The maximum absolute atomic E-state index is 13.4. The Labute approximate surface area is 176 Å². The first-order chi connectivity index (χ1) is 14.9. The minimum atomic E-state index is -4.61. The third kappa shape index (κ3) is 3.83. The Morgan fingerprint density at radius 1 is 0.968 bits per heavy atom. The van der Waals surface area contributed by atoms with Crippen molar-refractivity contribution in [1.82, 2.24) is 9.45 Å². The number of nitrogens with one attached hydrogen (secondary N) is 1. The van der Waals surface area contributed by atoms with Crippen LogP contribution in [0.2, 0.25) is 0 Å². The SMILES string of the molecule is O=C(c1ccccc1)N(Oc1cccc2[nH]ccc12)S(=O)(=O)c1cccc([N+](=O)[O-])c1. The van der Waals surface area contributed by atoms with Crippen molar-refractivity contribution >= 4 is 32.5 Å². The standard InChI is InChI=1S/C21H15N3O6S/c25-21(15-6-2-1-3-7-15)24(30-20-11-5-10-19-18(20)12-13-22-19)31(28,29)17-9-4-8-16(14-17)23(26)27/h1-14,22H. The molecule has 9 nitrogen and oxygen atoms in total. The van der Waals surface area contributed by atoms with Crippen molar-refractivity contribution in [3.05, 3.63) is 101 Å². The molecule has 1 heterocycles. The van der Waals surface area contributed by atoms with E-state index in [1.807, 2.05) is 0 Å². The molecule has 3 aromatic carbocycles. The van der Waals surface area contributed by atoms with Crippen molar-refractivity contribution < 1.29 is 23.0 Å². The van der Waals surface area contributed by atoms with Gasteiger partial charge in [0.15, 0.2) is 5.75 Å². The molecule has 4 aromatic rings. The smallest absolute Gasteiger partial charge is 0.302 e. The minimum Gasteiger partial charge on any atom is -0.361 e. The van der Waals surface area contributed by atoms with E-state index in [1.54, 1.807) is 42.6 Å². The van der Waals surface area contributed by atoms with Crippen LogP contribution in [0.4, 0.5) is 5.69 Å². The fourth-order valence-corrected chi connectivity index (χ4v) is 4.18. The number of non-ortho nitro benzene ring substituents is 1. The Bertz CT molecular complexity index is 1380. The molecule has 4 rings (SSSR count). The lowest BCUT2D eigenvalue weighted by Crippen LogP contribution is -2.39. The van der Waals surface area contributed by atoms with Crippen molar-refractivity contribution in [3.8, 4) is 5.75 Å². The molecular formula is C21H15N3O6S. The normalized spacial score (nSPS) is 11.2. The molecule has 0 spiro atoms. The number of benzene rings is 3. The molecule has 0 bridgehead atoms. The molecular weight excluding hydrogens is 422 g/mol. The van der Waals surface area contributed by atoms with Gasteiger partial charge in [0.05, 0.1) is 9.82 Å². The molecule has 1 amide bonds. The van der Waals surface area contributed by atoms with E-state index in [-0.39, 0.29) is 15.8 Å². The van der Waals surface area contributed by atoms with Crippen molar-refractivity contribution in [1.29, 1.82) is 0 Å². The summed E-state index contributed by atoms with van der Waals surface area (Å²) in [6, 6.07) is 18.7. The number of aromatic amines is 1. The number of fused-ring (bicyclic) bond motifs is 1. The van der Waals surface area contributed by atoms with Crippen molar-refractivity contribution in [2.75, 3.05) is 0 Å². The van der Waals surface area contributed by atoms with E-state index in [2.05, 4.69) is 4.98 Å². The topological polar surface area (TPSA) is 123 Å². The van der Waals surface area contributed by atoms with Crippen LogP contribution < -0.4 is 4.84 Å². The molecule has 1 aromatic heterocycles. The summed E-state index contributed by atoms with van der Waals surface area (Å²) in [5.74, 6) is -0.823. The molecule has 0 aliphatic carbocycles. The van der Waals surface area contributed by atoms with E-state index in [0.29, 0.717) is 10.9 Å².